The number of anilines is 1. The van der Waals surface area contributed by atoms with Crippen molar-refractivity contribution in [2.75, 3.05) is 5.73 Å². The fourth-order valence-corrected chi connectivity index (χ4v) is 1.59. The van der Waals surface area contributed by atoms with Gasteiger partial charge in [0.2, 0.25) is 0 Å². The van der Waals surface area contributed by atoms with Crippen LogP contribution >= 0.6 is 0 Å². The maximum atomic E-state index is 9.45. The minimum atomic E-state index is -0.0454. The summed E-state index contributed by atoms with van der Waals surface area (Å²) in [5.74, 6) is 0.773. The number of nitrogens with two attached hydrogens (primary N) is 1. The molecule has 0 unspecified atom stereocenters. The molecule has 90 valence electrons. The Labute approximate surface area is 101 Å². The Balaban J connectivity index is 2.50. The van der Waals surface area contributed by atoms with Gasteiger partial charge in [-0.2, -0.15) is 5.10 Å². The second kappa shape index (κ2) is 3.80. The van der Waals surface area contributed by atoms with Crippen molar-refractivity contribution < 1.29 is 5.11 Å². The first kappa shape index (κ1) is 11.5. The third-order valence-corrected chi connectivity index (χ3v) is 2.58. The van der Waals surface area contributed by atoms with Crippen LogP contribution in [0.5, 0.6) is 5.75 Å². The molecule has 0 fully saturated rings. The first-order chi connectivity index (χ1) is 7.88. The van der Waals surface area contributed by atoms with Crippen LogP contribution in [0.4, 0.5) is 5.82 Å². The van der Waals surface area contributed by atoms with Crippen molar-refractivity contribution in [3.05, 3.63) is 36.0 Å². The van der Waals surface area contributed by atoms with E-state index in [1.165, 1.54) is 0 Å². The molecule has 0 saturated carbocycles. The molecule has 2 aromatic rings. The fourth-order valence-electron chi connectivity index (χ4n) is 1.59. The van der Waals surface area contributed by atoms with Gasteiger partial charge in [-0.25, -0.2) is 4.68 Å². The lowest BCUT2D eigenvalue weighted by Crippen LogP contribution is -2.12. The van der Waals surface area contributed by atoms with E-state index in [9.17, 15) is 5.11 Å². The van der Waals surface area contributed by atoms with Gasteiger partial charge in [0.25, 0.3) is 0 Å². The van der Waals surface area contributed by atoms with Crippen LogP contribution in [-0.2, 0) is 5.41 Å². The van der Waals surface area contributed by atoms with Crippen LogP contribution in [0.1, 0.15) is 26.5 Å². The predicted octanol–water partition coefficient (Wildman–Crippen LogP) is 2.46. The molecule has 1 heterocycles. The Hall–Kier alpha value is -1.97. The Morgan fingerprint density at radius 3 is 2.47 bits per heavy atom. The van der Waals surface area contributed by atoms with Crippen LogP contribution in [0.3, 0.4) is 0 Å². The molecule has 0 bridgehead atoms. The highest BCUT2D eigenvalue weighted by atomic mass is 16.3. The summed E-state index contributed by atoms with van der Waals surface area (Å²) in [6, 6.07) is 8.74. The molecule has 1 aromatic carbocycles. The molecule has 0 spiro atoms. The highest BCUT2D eigenvalue weighted by molar-refractivity contribution is 5.46. The molecule has 17 heavy (non-hydrogen) atoms. The molecule has 0 saturated heterocycles. The summed E-state index contributed by atoms with van der Waals surface area (Å²) in [6.45, 7) is 6.25. The fraction of sp³-hybridized carbons (Fsp3) is 0.308. The molecule has 3 N–H and O–H groups in total. The average molecular weight is 231 g/mol. The standard InChI is InChI=1S/C13H17N3O/c1-13(2,3)11-8-12(14)16(15-11)9-5-4-6-10(17)7-9/h4-8,17H,14H2,1-3H3. The summed E-state index contributed by atoms with van der Waals surface area (Å²) in [7, 11) is 0. The molecule has 0 radical (unpaired) electrons. The molecule has 4 nitrogen and oxygen atoms in total. The van der Waals surface area contributed by atoms with E-state index in [-0.39, 0.29) is 11.2 Å². The molecule has 0 amide bonds. The summed E-state index contributed by atoms with van der Waals surface area (Å²) >= 11 is 0. The van der Waals surface area contributed by atoms with Crippen LogP contribution in [0.15, 0.2) is 30.3 Å². The number of nitrogen functional groups attached to an aromatic ring is 1. The van der Waals surface area contributed by atoms with E-state index in [0.29, 0.717) is 5.82 Å². The quantitative estimate of drug-likeness (QED) is 0.792. The summed E-state index contributed by atoms with van der Waals surface area (Å²) in [5, 5.41) is 13.9. The predicted molar refractivity (Wildman–Crippen MR) is 68.3 cm³/mol. The Morgan fingerprint density at radius 1 is 1.24 bits per heavy atom. The van der Waals surface area contributed by atoms with E-state index in [1.807, 2.05) is 12.1 Å². The average Bonchev–Trinajstić information content (AvgIpc) is 2.60. The van der Waals surface area contributed by atoms with Crippen molar-refractivity contribution >= 4 is 5.82 Å². The van der Waals surface area contributed by atoms with Crippen LogP contribution < -0.4 is 5.73 Å². The van der Waals surface area contributed by atoms with Crippen molar-refractivity contribution in [1.82, 2.24) is 9.78 Å². The summed E-state index contributed by atoms with van der Waals surface area (Å²) in [6.07, 6.45) is 0. The van der Waals surface area contributed by atoms with Crippen LogP contribution in [0, 0.1) is 0 Å². The van der Waals surface area contributed by atoms with E-state index in [1.54, 1.807) is 22.9 Å². The lowest BCUT2D eigenvalue weighted by molar-refractivity contribution is 0.474. The van der Waals surface area contributed by atoms with Crippen LogP contribution in [-0.4, -0.2) is 14.9 Å². The van der Waals surface area contributed by atoms with E-state index in [0.717, 1.165) is 11.4 Å². The maximum absolute atomic E-state index is 9.45. The Morgan fingerprint density at radius 2 is 1.94 bits per heavy atom. The van der Waals surface area contributed by atoms with Gasteiger partial charge in [-0.15, -0.1) is 0 Å². The molecule has 0 aliphatic carbocycles. The van der Waals surface area contributed by atoms with E-state index < -0.39 is 0 Å². The summed E-state index contributed by atoms with van der Waals surface area (Å²) in [5.41, 5.74) is 7.58. The maximum Gasteiger partial charge on any atom is 0.127 e. The van der Waals surface area contributed by atoms with Gasteiger partial charge in [-0.05, 0) is 12.1 Å². The van der Waals surface area contributed by atoms with Crippen molar-refractivity contribution in [3.63, 3.8) is 0 Å². The topological polar surface area (TPSA) is 64.1 Å². The molecular weight excluding hydrogens is 214 g/mol. The van der Waals surface area contributed by atoms with Crippen molar-refractivity contribution in [2.24, 2.45) is 0 Å². The second-order valence-electron chi connectivity index (χ2n) is 5.14. The molecule has 1 aromatic heterocycles. The first-order valence-electron chi connectivity index (χ1n) is 5.53. The first-order valence-corrected chi connectivity index (χ1v) is 5.53. The SMILES string of the molecule is CC(C)(C)c1cc(N)n(-c2cccc(O)c2)n1. The molecule has 0 aliphatic heterocycles. The molecule has 2 rings (SSSR count). The van der Waals surface area contributed by atoms with Crippen molar-refractivity contribution in [3.8, 4) is 11.4 Å². The third kappa shape index (κ3) is 2.25. The smallest absolute Gasteiger partial charge is 0.127 e. The van der Waals surface area contributed by atoms with Crippen molar-refractivity contribution in [2.45, 2.75) is 26.2 Å². The van der Waals surface area contributed by atoms with Gasteiger partial charge < -0.3 is 10.8 Å². The largest absolute Gasteiger partial charge is 0.508 e. The highest BCUT2D eigenvalue weighted by Crippen LogP contribution is 2.25. The number of phenolic OH excluding ortho intramolecular Hbond substituents is 1. The minimum Gasteiger partial charge on any atom is -0.508 e. The normalized spacial score (nSPS) is 11.7. The van der Waals surface area contributed by atoms with E-state index in [4.69, 9.17) is 5.73 Å². The molecule has 0 atom stereocenters. The Bertz CT molecular complexity index is 538. The van der Waals surface area contributed by atoms with E-state index >= 15 is 0 Å². The lowest BCUT2D eigenvalue weighted by Gasteiger charge is -2.14. The van der Waals surface area contributed by atoms with Crippen LogP contribution in [0.2, 0.25) is 0 Å². The lowest BCUT2D eigenvalue weighted by atomic mass is 9.92. The second-order valence-corrected chi connectivity index (χ2v) is 5.14. The van der Waals surface area contributed by atoms with Gasteiger partial charge in [0.1, 0.15) is 11.6 Å². The zero-order chi connectivity index (χ0) is 12.6. The van der Waals surface area contributed by atoms with Gasteiger partial charge in [0.15, 0.2) is 0 Å². The number of benzene rings is 1. The van der Waals surface area contributed by atoms with Gasteiger partial charge in [0.05, 0.1) is 11.4 Å². The Kier molecular flexibility index (Phi) is 2.58. The number of rotatable bonds is 1. The minimum absolute atomic E-state index is 0.0454. The van der Waals surface area contributed by atoms with Crippen LogP contribution in [0.25, 0.3) is 5.69 Å². The van der Waals surface area contributed by atoms with Gasteiger partial charge in [-0.3, -0.25) is 0 Å². The number of hydrogen-bond donors (Lipinski definition) is 2. The monoisotopic (exact) mass is 231 g/mol. The number of hydrogen-bond acceptors (Lipinski definition) is 3. The summed E-state index contributed by atoms with van der Waals surface area (Å²) < 4.78 is 1.64. The van der Waals surface area contributed by atoms with Crippen molar-refractivity contribution in [1.29, 1.82) is 0 Å². The highest BCUT2D eigenvalue weighted by Gasteiger charge is 2.19. The number of aromatic hydroxyl groups is 1. The number of phenols is 1. The molecule has 4 heteroatoms. The summed E-state index contributed by atoms with van der Waals surface area (Å²) in [4.78, 5) is 0. The zero-order valence-corrected chi connectivity index (χ0v) is 10.3. The number of nitrogens with zero attached hydrogens (tertiary/aromatic N) is 2. The van der Waals surface area contributed by atoms with Gasteiger partial charge >= 0.3 is 0 Å². The number of aromatic nitrogens is 2. The molecular formula is C13H17N3O. The molecule has 0 aliphatic rings. The third-order valence-electron chi connectivity index (χ3n) is 2.58. The van der Waals surface area contributed by atoms with Gasteiger partial charge in [-0.1, -0.05) is 26.8 Å². The zero-order valence-electron chi connectivity index (χ0n) is 10.3. The van der Waals surface area contributed by atoms with Gasteiger partial charge in [0, 0.05) is 17.5 Å². The van der Waals surface area contributed by atoms with E-state index in [2.05, 4.69) is 25.9 Å².